The number of hydrogen-bond acceptors (Lipinski definition) is 1. The van der Waals surface area contributed by atoms with E-state index in [2.05, 4.69) is 33.5 Å². The van der Waals surface area contributed by atoms with Crippen molar-refractivity contribution in [2.75, 3.05) is 0 Å². The third-order valence-corrected chi connectivity index (χ3v) is 5.33. The minimum atomic E-state index is -1.05. The molecule has 0 unspecified atom stereocenters. The Kier molecular flexibility index (Phi) is 3.23. The maximum absolute atomic E-state index is 5.98. The van der Waals surface area contributed by atoms with Gasteiger partial charge in [0.25, 0.3) is 0 Å². The van der Waals surface area contributed by atoms with Crippen LogP contribution in [0.5, 0.6) is 0 Å². The maximum atomic E-state index is 5.98. The maximum Gasteiger partial charge on any atom is 0.0911 e. The van der Waals surface area contributed by atoms with Gasteiger partial charge in [0.2, 0.25) is 0 Å². The van der Waals surface area contributed by atoms with Gasteiger partial charge in [0, 0.05) is 0 Å². The van der Waals surface area contributed by atoms with E-state index in [-0.39, 0.29) is 0 Å². The molecule has 1 rings (SSSR count). The van der Waals surface area contributed by atoms with Crippen LogP contribution in [0.1, 0.15) is 39.5 Å². The van der Waals surface area contributed by atoms with Crippen LogP contribution >= 0.6 is 0 Å². The molecular formula is C11H24OSi. The second-order valence-corrected chi connectivity index (χ2v) is 10.6. The molecule has 0 aromatic rings. The van der Waals surface area contributed by atoms with Crippen molar-refractivity contribution < 1.29 is 4.74 Å². The fourth-order valence-electron chi connectivity index (χ4n) is 2.28. The molecule has 0 N–H and O–H groups in total. The molecule has 1 fully saturated rings. The first-order chi connectivity index (χ1) is 5.96. The van der Waals surface area contributed by atoms with E-state index in [1.165, 1.54) is 25.7 Å². The van der Waals surface area contributed by atoms with Crippen LogP contribution in [0.25, 0.3) is 0 Å². The fourth-order valence-corrected chi connectivity index (χ4v) is 4.79. The van der Waals surface area contributed by atoms with Crippen LogP contribution in [0.2, 0.25) is 19.6 Å². The van der Waals surface area contributed by atoms with Crippen LogP contribution in [-0.4, -0.2) is 19.4 Å². The Balaban J connectivity index is 2.48. The molecule has 13 heavy (non-hydrogen) atoms. The minimum Gasteiger partial charge on any atom is -0.370 e. The van der Waals surface area contributed by atoms with E-state index in [1.807, 2.05) is 0 Å². The molecule has 1 aliphatic rings. The summed E-state index contributed by atoms with van der Waals surface area (Å²) in [5.74, 6) is 0. The number of ether oxygens (including phenoxy) is 1. The van der Waals surface area contributed by atoms with E-state index in [4.69, 9.17) is 4.74 Å². The van der Waals surface area contributed by atoms with Gasteiger partial charge in [-0.25, -0.2) is 0 Å². The monoisotopic (exact) mass is 200 g/mol. The van der Waals surface area contributed by atoms with Crippen molar-refractivity contribution in [1.82, 2.24) is 0 Å². The van der Waals surface area contributed by atoms with Gasteiger partial charge >= 0.3 is 0 Å². The van der Waals surface area contributed by atoms with Gasteiger partial charge in [-0.05, 0) is 12.8 Å². The molecule has 1 saturated heterocycles. The normalized spacial score (nSPS) is 33.5. The lowest BCUT2D eigenvalue weighted by Crippen LogP contribution is -2.34. The van der Waals surface area contributed by atoms with Crippen LogP contribution in [0, 0.1) is 0 Å². The first kappa shape index (κ1) is 11.3. The van der Waals surface area contributed by atoms with Gasteiger partial charge in [-0.2, -0.15) is 0 Å². The lowest BCUT2D eigenvalue weighted by atomic mass is 10.0. The smallest absolute Gasteiger partial charge is 0.0911 e. The Hall–Kier alpha value is 0.177. The fraction of sp³-hybridized carbons (Fsp3) is 1.00. The lowest BCUT2D eigenvalue weighted by Gasteiger charge is -2.16. The molecule has 0 aromatic carbocycles. The van der Waals surface area contributed by atoms with E-state index in [1.54, 1.807) is 0 Å². The standard InChI is InChI=1S/C11H24OSi/c1-6-8-9-11(7-2)10(12-11)13(3,4)5/h10H,6-9H2,1-5H3/t10-,11-/m1/s1. The topological polar surface area (TPSA) is 12.5 Å². The molecule has 0 radical (unpaired) electrons. The SMILES string of the molecule is CCCC[C@@]1(CC)O[C@@H]1[Si](C)(C)C. The van der Waals surface area contributed by atoms with Gasteiger partial charge in [0.05, 0.1) is 19.4 Å². The zero-order valence-corrected chi connectivity index (χ0v) is 10.8. The Labute approximate surface area is 83.9 Å². The third kappa shape index (κ3) is 2.35. The second-order valence-electron chi connectivity index (χ2n) is 5.39. The van der Waals surface area contributed by atoms with Crippen molar-refractivity contribution >= 4 is 8.07 Å². The lowest BCUT2D eigenvalue weighted by molar-refractivity contribution is 0.273. The molecule has 0 saturated carbocycles. The highest BCUT2D eigenvalue weighted by Gasteiger charge is 2.59. The van der Waals surface area contributed by atoms with Crippen LogP contribution in [-0.2, 0) is 4.74 Å². The van der Waals surface area contributed by atoms with E-state index >= 15 is 0 Å². The van der Waals surface area contributed by atoms with Crippen LogP contribution in [0.4, 0.5) is 0 Å². The zero-order chi connectivity index (χ0) is 10.1. The van der Waals surface area contributed by atoms with E-state index in [0.717, 1.165) is 0 Å². The molecule has 2 atom stereocenters. The Morgan fingerprint density at radius 1 is 1.23 bits per heavy atom. The van der Waals surface area contributed by atoms with Gasteiger partial charge in [0.15, 0.2) is 0 Å². The first-order valence-corrected chi connectivity index (χ1v) is 9.22. The summed E-state index contributed by atoms with van der Waals surface area (Å²) >= 11 is 0. The molecule has 1 aliphatic heterocycles. The summed E-state index contributed by atoms with van der Waals surface area (Å²) in [4.78, 5) is 0. The van der Waals surface area contributed by atoms with Crippen molar-refractivity contribution in [3.05, 3.63) is 0 Å². The predicted molar refractivity (Wildman–Crippen MR) is 60.8 cm³/mol. The minimum absolute atomic E-state index is 0.306. The van der Waals surface area contributed by atoms with E-state index in [9.17, 15) is 0 Å². The summed E-state index contributed by atoms with van der Waals surface area (Å²) < 4.78 is 5.98. The van der Waals surface area contributed by atoms with Crippen molar-refractivity contribution in [1.29, 1.82) is 0 Å². The van der Waals surface area contributed by atoms with E-state index < -0.39 is 8.07 Å². The van der Waals surface area contributed by atoms with Gasteiger partial charge in [-0.3, -0.25) is 0 Å². The quantitative estimate of drug-likeness (QED) is 0.488. The average Bonchev–Trinajstić information content (AvgIpc) is 2.76. The largest absolute Gasteiger partial charge is 0.370 e. The summed E-state index contributed by atoms with van der Waals surface area (Å²) in [6, 6.07) is 0. The summed E-state index contributed by atoms with van der Waals surface area (Å²) in [7, 11) is -1.05. The van der Waals surface area contributed by atoms with Crippen LogP contribution in [0.15, 0.2) is 0 Å². The van der Waals surface area contributed by atoms with Crippen molar-refractivity contribution in [2.45, 2.75) is 70.5 Å². The molecule has 0 bridgehead atoms. The van der Waals surface area contributed by atoms with Crippen LogP contribution < -0.4 is 0 Å². The molecule has 0 amide bonds. The average molecular weight is 200 g/mol. The van der Waals surface area contributed by atoms with Crippen molar-refractivity contribution in [2.24, 2.45) is 0 Å². The molecular weight excluding hydrogens is 176 g/mol. The van der Waals surface area contributed by atoms with Gasteiger partial charge in [0.1, 0.15) is 0 Å². The number of epoxide rings is 1. The molecule has 78 valence electrons. The Bertz CT molecular complexity index is 173. The highest BCUT2D eigenvalue weighted by atomic mass is 28.3. The zero-order valence-electron chi connectivity index (χ0n) is 9.81. The highest BCUT2D eigenvalue weighted by Crippen LogP contribution is 2.48. The molecule has 1 heterocycles. The van der Waals surface area contributed by atoms with Crippen molar-refractivity contribution in [3.63, 3.8) is 0 Å². The Morgan fingerprint density at radius 3 is 2.15 bits per heavy atom. The van der Waals surface area contributed by atoms with Gasteiger partial charge < -0.3 is 4.74 Å². The Morgan fingerprint density at radius 2 is 1.85 bits per heavy atom. The third-order valence-electron chi connectivity index (χ3n) is 3.11. The summed E-state index contributed by atoms with van der Waals surface area (Å²) in [5.41, 5.74) is 0.942. The molecule has 0 aliphatic carbocycles. The number of rotatable bonds is 5. The number of hydrogen-bond donors (Lipinski definition) is 0. The molecule has 1 nitrogen and oxygen atoms in total. The molecule has 0 spiro atoms. The number of unbranched alkanes of at least 4 members (excludes halogenated alkanes) is 1. The van der Waals surface area contributed by atoms with Gasteiger partial charge in [-0.1, -0.05) is 46.3 Å². The summed E-state index contributed by atoms with van der Waals surface area (Å²) in [6.45, 7) is 11.8. The highest BCUT2D eigenvalue weighted by molar-refractivity contribution is 6.78. The first-order valence-electron chi connectivity index (χ1n) is 5.64. The van der Waals surface area contributed by atoms with Gasteiger partial charge in [-0.15, -0.1) is 0 Å². The summed E-state index contributed by atoms with van der Waals surface area (Å²) in [6.07, 6.45) is 5.12. The van der Waals surface area contributed by atoms with Crippen LogP contribution in [0.3, 0.4) is 0 Å². The summed E-state index contributed by atoms with van der Waals surface area (Å²) in [5, 5.41) is 0. The molecule has 0 aromatic heterocycles. The van der Waals surface area contributed by atoms with Crippen molar-refractivity contribution in [3.8, 4) is 0 Å². The predicted octanol–water partition coefficient (Wildman–Crippen LogP) is 3.60. The second kappa shape index (κ2) is 3.74. The molecule has 2 heteroatoms. The van der Waals surface area contributed by atoms with E-state index in [0.29, 0.717) is 11.3 Å².